The van der Waals surface area contributed by atoms with Crippen LogP contribution in [-0.2, 0) is 6.54 Å². The van der Waals surface area contributed by atoms with Gasteiger partial charge in [-0.3, -0.25) is 9.36 Å². The highest BCUT2D eigenvalue weighted by Gasteiger charge is 2.12. The largest absolute Gasteiger partial charge is 1.00 e. The number of rotatable bonds is 5. The first-order chi connectivity index (χ1) is 9.42. The van der Waals surface area contributed by atoms with E-state index in [1.807, 2.05) is 35.1 Å². The smallest absolute Gasteiger partial charge is 0.262 e. The van der Waals surface area contributed by atoms with Gasteiger partial charge in [-0.2, -0.15) is 0 Å². The van der Waals surface area contributed by atoms with Gasteiger partial charge in [-0.25, -0.2) is 4.98 Å². The molecule has 1 heterocycles. The molecule has 0 fully saturated rings. The maximum Gasteiger partial charge on any atom is 0.262 e. The number of hydrogen-bond donors (Lipinski definition) is 0. The molecule has 1 aromatic carbocycles. The highest BCUT2D eigenvalue weighted by molar-refractivity contribution is 7.98. The number of benzene rings is 1. The first kappa shape index (κ1) is 18.4. The normalized spacial score (nSPS) is 11.4. The molecule has 1 aromatic heterocycles. The second-order valence-corrected chi connectivity index (χ2v) is 6.71. The van der Waals surface area contributed by atoms with Crippen molar-refractivity contribution >= 4 is 22.7 Å². The first-order valence-corrected chi connectivity index (χ1v) is 7.99. The van der Waals surface area contributed by atoms with Crippen molar-refractivity contribution in [2.24, 2.45) is 0 Å². The van der Waals surface area contributed by atoms with Gasteiger partial charge in [0.05, 0.1) is 38.6 Å². The van der Waals surface area contributed by atoms with Gasteiger partial charge in [0.15, 0.2) is 5.16 Å². The van der Waals surface area contributed by atoms with E-state index in [1.54, 1.807) is 0 Å². The van der Waals surface area contributed by atoms with Crippen LogP contribution in [0.4, 0.5) is 0 Å². The average molecular weight is 419 g/mol. The van der Waals surface area contributed by atoms with Crippen molar-refractivity contribution in [2.75, 3.05) is 33.9 Å². The summed E-state index contributed by atoms with van der Waals surface area (Å²) in [4.78, 5) is 17.2. The van der Waals surface area contributed by atoms with Crippen LogP contribution in [-0.4, -0.2) is 48.0 Å². The lowest BCUT2D eigenvalue weighted by molar-refractivity contribution is -0.870. The van der Waals surface area contributed by atoms with Gasteiger partial charge in [0.25, 0.3) is 5.56 Å². The minimum atomic E-state index is 0. The summed E-state index contributed by atoms with van der Waals surface area (Å²) in [7, 11) is 6.49. The van der Waals surface area contributed by atoms with E-state index in [1.165, 1.54) is 11.8 Å². The lowest BCUT2D eigenvalue weighted by Gasteiger charge is -2.24. The van der Waals surface area contributed by atoms with Crippen LogP contribution in [0.15, 0.2) is 34.2 Å². The van der Waals surface area contributed by atoms with Crippen LogP contribution in [0.25, 0.3) is 10.9 Å². The number of aromatic nitrogens is 2. The lowest BCUT2D eigenvalue weighted by Crippen LogP contribution is -3.00. The number of para-hydroxylation sites is 1. The van der Waals surface area contributed by atoms with E-state index in [0.29, 0.717) is 5.39 Å². The van der Waals surface area contributed by atoms with Crippen LogP contribution in [0, 0.1) is 0 Å². The predicted octanol–water partition coefficient (Wildman–Crippen LogP) is -0.781. The van der Waals surface area contributed by atoms with Crippen LogP contribution in [0.1, 0.15) is 6.42 Å². The zero-order valence-corrected chi connectivity index (χ0v) is 15.9. The quantitative estimate of drug-likeness (QED) is 0.276. The lowest BCUT2D eigenvalue weighted by atomic mass is 10.2. The van der Waals surface area contributed by atoms with Gasteiger partial charge in [0.2, 0.25) is 0 Å². The minimum absolute atomic E-state index is 0. The van der Waals surface area contributed by atoms with Gasteiger partial charge in [0.1, 0.15) is 0 Å². The molecule has 4 nitrogen and oxygen atoms in total. The highest BCUT2D eigenvalue weighted by Crippen LogP contribution is 2.15. The Morgan fingerprint density at radius 3 is 2.52 bits per heavy atom. The van der Waals surface area contributed by atoms with Gasteiger partial charge < -0.3 is 28.5 Å². The average Bonchev–Trinajstić information content (AvgIpc) is 2.40. The van der Waals surface area contributed by atoms with E-state index in [0.717, 1.165) is 34.7 Å². The molecule has 0 radical (unpaired) electrons. The summed E-state index contributed by atoms with van der Waals surface area (Å²) >= 11 is 1.53. The highest BCUT2D eigenvalue weighted by atomic mass is 127. The molecule has 0 saturated heterocycles. The Hall–Kier alpha value is -0.600. The van der Waals surface area contributed by atoms with E-state index in [9.17, 15) is 4.79 Å². The molecule has 0 bridgehead atoms. The summed E-state index contributed by atoms with van der Waals surface area (Å²) in [5.74, 6) is 0. The second kappa shape index (κ2) is 7.60. The monoisotopic (exact) mass is 419 g/mol. The zero-order chi connectivity index (χ0) is 14.8. The minimum Gasteiger partial charge on any atom is -1.00 e. The van der Waals surface area contributed by atoms with E-state index >= 15 is 0 Å². The molecule has 0 aliphatic carbocycles. The molecule has 116 valence electrons. The van der Waals surface area contributed by atoms with Crippen LogP contribution in [0.3, 0.4) is 0 Å². The molecular formula is C15H22IN3OS. The Labute approximate surface area is 147 Å². The summed E-state index contributed by atoms with van der Waals surface area (Å²) in [5, 5.41) is 1.51. The fraction of sp³-hybridized carbons (Fsp3) is 0.467. The van der Waals surface area contributed by atoms with Crippen molar-refractivity contribution in [2.45, 2.75) is 18.1 Å². The third kappa shape index (κ3) is 4.69. The molecule has 0 spiro atoms. The Kier molecular flexibility index (Phi) is 6.68. The van der Waals surface area contributed by atoms with E-state index in [2.05, 4.69) is 26.1 Å². The van der Waals surface area contributed by atoms with Crippen LogP contribution >= 0.6 is 11.8 Å². The van der Waals surface area contributed by atoms with Crippen LogP contribution < -0.4 is 29.5 Å². The summed E-state index contributed by atoms with van der Waals surface area (Å²) in [5.41, 5.74) is 0.853. The van der Waals surface area contributed by atoms with E-state index in [4.69, 9.17) is 0 Å². The van der Waals surface area contributed by atoms with Gasteiger partial charge in [-0.15, -0.1) is 0 Å². The maximum absolute atomic E-state index is 12.6. The summed E-state index contributed by atoms with van der Waals surface area (Å²) < 4.78 is 2.72. The number of halogens is 1. The second-order valence-electron chi connectivity index (χ2n) is 5.94. The van der Waals surface area contributed by atoms with Gasteiger partial charge in [-0.05, 0) is 18.4 Å². The summed E-state index contributed by atoms with van der Waals surface area (Å²) in [6.45, 7) is 1.76. The number of fused-ring (bicyclic) bond motifs is 1. The van der Waals surface area contributed by atoms with E-state index in [-0.39, 0.29) is 29.5 Å². The molecule has 2 aromatic rings. The topological polar surface area (TPSA) is 34.9 Å². The predicted molar refractivity (Wildman–Crippen MR) is 85.3 cm³/mol. The zero-order valence-electron chi connectivity index (χ0n) is 13.0. The van der Waals surface area contributed by atoms with Crippen molar-refractivity contribution in [1.29, 1.82) is 0 Å². The molecule has 21 heavy (non-hydrogen) atoms. The molecule has 0 aliphatic rings. The third-order valence-electron chi connectivity index (χ3n) is 3.22. The fourth-order valence-electron chi connectivity index (χ4n) is 2.20. The third-order valence-corrected chi connectivity index (χ3v) is 3.90. The molecule has 6 heteroatoms. The maximum atomic E-state index is 12.6. The van der Waals surface area contributed by atoms with Crippen molar-refractivity contribution in [1.82, 2.24) is 9.55 Å². The Bertz CT molecular complexity index is 664. The molecule has 0 atom stereocenters. The Morgan fingerprint density at radius 1 is 1.24 bits per heavy atom. The number of hydrogen-bond acceptors (Lipinski definition) is 3. The van der Waals surface area contributed by atoms with Gasteiger partial charge in [-0.1, -0.05) is 23.9 Å². The van der Waals surface area contributed by atoms with Crippen molar-refractivity contribution in [3.05, 3.63) is 34.6 Å². The number of nitrogens with zero attached hydrogens (tertiary/aromatic N) is 3. The first-order valence-electron chi connectivity index (χ1n) is 6.76. The van der Waals surface area contributed by atoms with Crippen LogP contribution in [0.2, 0.25) is 0 Å². The van der Waals surface area contributed by atoms with E-state index < -0.39 is 0 Å². The Morgan fingerprint density at radius 2 is 1.90 bits per heavy atom. The van der Waals surface area contributed by atoms with Gasteiger partial charge in [0, 0.05) is 13.0 Å². The molecule has 0 N–H and O–H groups in total. The fourth-order valence-corrected chi connectivity index (χ4v) is 2.79. The number of thioether (sulfide) groups is 1. The van der Waals surface area contributed by atoms with Crippen LogP contribution in [0.5, 0.6) is 0 Å². The van der Waals surface area contributed by atoms with Crippen molar-refractivity contribution in [3.63, 3.8) is 0 Å². The molecule has 2 rings (SSSR count). The summed E-state index contributed by atoms with van der Waals surface area (Å²) in [6, 6.07) is 7.55. The molecule has 0 unspecified atom stereocenters. The molecule has 0 saturated carbocycles. The van der Waals surface area contributed by atoms with Gasteiger partial charge >= 0.3 is 0 Å². The van der Waals surface area contributed by atoms with Crippen molar-refractivity contribution < 1.29 is 28.5 Å². The number of quaternary nitrogens is 1. The molecule has 0 aliphatic heterocycles. The SMILES string of the molecule is CSc1nc2ccccc2c(=O)n1CCC[N+](C)(C)C.[I-]. The molecule has 0 amide bonds. The standard InChI is InChI=1S/C15H22N3OS.HI/c1-18(2,3)11-7-10-17-14(19)12-8-5-6-9-13(12)16-15(17)20-4;/h5-6,8-9H,7,10-11H2,1-4H3;1H/q+1;/p-1. The Balaban J connectivity index is 0.00000220. The summed E-state index contributed by atoms with van der Waals surface area (Å²) in [6.07, 6.45) is 2.93. The molecular weight excluding hydrogens is 397 g/mol. The van der Waals surface area contributed by atoms with Crippen molar-refractivity contribution in [3.8, 4) is 0 Å².